The summed E-state index contributed by atoms with van der Waals surface area (Å²) in [6.07, 6.45) is 1.92. The highest BCUT2D eigenvalue weighted by Gasteiger charge is 2.28. The second-order valence-electron chi connectivity index (χ2n) is 7.53. The zero-order chi connectivity index (χ0) is 18.0. The molecule has 0 bridgehead atoms. The highest BCUT2D eigenvalue weighted by Crippen LogP contribution is 2.29. The van der Waals surface area contributed by atoms with Gasteiger partial charge >= 0.3 is 0 Å². The van der Waals surface area contributed by atoms with Gasteiger partial charge in [-0.25, -0.2) is 4.98 Å². The van der Waals surface area contributed by atoms with Crippen LogP contribution in [-0.2, 0) is 10.8 Å². The molecule has 3 N–H and O–H groups in total. The predicted octanol–water partition coefficient (Wildman–Crippen LogP) is 4.57. The molecule has 2 rings (SSSR count). The van der Waals surface area contributed by atoms with Gasteiger partial charge in [0.15, 0.2) is 0 Å². The van der Waals surface area contributed by atoms with Crippen LogP contribution in [0.5, 0.6) is 0 Å². The molecule has 0 aliphatic carbocycles. The molecule has 0 saturated heterocycles. The van der Waals surface area contributed by atoms with Crippen LogP contribution in [0.3, 0.4) is 0 Å². The molecule has 5 nitrogen and oxygen atoms in total. The van der Waals surface area contributed by atoms with Crippen molar-refractivity contribution in [2.45, 2.75) is 65.2 Å². The van der Waals surface area contributed by atoms with Crippen LogP contribution in [0.1, 0.15) is 66.0 Å². The summed E-state index contributed by atoms with van der Waals surface area (Å²) in [5.74, 6) is 2.22. The lowest BCUT2D eigenvalue weighted by Gasteiger charge is -2.26. The molecule has 24 heavy (non-hydrogen) atoms. The average molecular weight is 327 g/mol. The van der Waals surface area contributed by atoms with Crippen LogP contribution < -0.4 is 11.1 Å². The molecule has 0 unspecified atom stereocenters. The normalized spacial score (nSPS) is 12.2. The van der Waals surface area contributed by atoms with E-state index in [0.29, 0.717) is 11.6 Å². The number of rotatable bonds is 6. The number of hydrogen-bond donors (Lipinski definition) is 2. The van der Waals surface area contributed by atoms with E-state index in [9.17, 15) is 0 Å². The maximum absolute atomic E-state index is 5.86. The largest absolute Gasteiger partial charge is 0.399 e. The van der Waals surface area contributed by atoms with Gasteiger partial charge in [0, 0.05) is 22.2 Å². The van der Waals surface area contributed by atoms with Crippen molar-refractivity contribution in [1.29, 1.82) is 0 Å². The molecule has 1 aromatic heterocycles. The summed E-state index contributed by atoms with van der Waals surface area (Å²) < 4.78 is 0. The number of nitrogens with zero attached hydrogens (tertiary/aromatic N) is 3. The highest BCUT2D eigenvalue weighted by atomic mass is 15.2. The molecule has 5 heteroatoms. The van der Waals surface area contributed by atoms with E-state index in [2.05, 4.69) is 56.8 Å². The van der Waals surface area contributed by atoms with Gasteiger partial charge in [-0.05, 0) is 31.0 Å². The zero-order valence-electron chi connectivity index (χ0n) is 15.6. The van der Waals surface area contributed by atoms with Crippen LogP contribution >= 0.6 is 0 Å². The first-order valence-electron chi connectivity index (χ1n) is 8.57. The van der Waals surface area contributed by atoms with E-state index in [1.54, 1.807) is 0 Å². The Morgan fingerprint density at radius 1 is 0.917 bits per heavy atom. The minimum absolute atomic E-state index is 0.104. The number of anilines is 3. The summed E-state index contributed by atoms with van der Waals surface area (Å²) in [6.45, 7) is 13.0. The third-order valence-electron chi connectivity index (χ3n) is 4.76. The van der Waals surface area contributed by atoms with Gasteiger partial charge in [-0.15, -0.1) is 0 Å². The number of nitrogen functional groups attached to an aromatic ring is 1. The molecular weight excluding hydrogens is 298 g/mol. The first kappa shape index (κ1) is 18.2. The Labute approximate surface area is 145 Å². The Kier molecular flexibility index (Phi) is 5.11. The molecule has 2 aromatic rings. The van der Waals surface area contributed by atoms with Crippen LogP contribution in [0.4, 0.5) is 17.3 Å². The molecule has 0 aliphatic rings. The van der Waals surface area contributed by atoms with Crippen LogP contribution in [0.25, 0.3) is 0 Å². The zero-order valence-corrected chi connectivity index (χ0v) is 15.6. The highest BCUT2D eigenvalue weighted by molar-refractivity contribution is 5.59. The fourth-order valence-electron chi connectivity index (χ4n) is 2.10. The maximum Gasteiger partial charge on any atom is 0.230 e. The quantitative estimate of drug-likeness (QED) is 0.760. The van der Waals surface area contributed by atoms with Gasteiger partial charge in [0.2, 0.25) is 5.95 Å². The summed E-state index contributed by atoms with van der Waals surface area (Å²) in [7, 11) is 0. The first-order valence-corrected chi connectivity index (χ1v) is 8.57. The number of hydrogen-bond acceptors (Lipinski definition) is 5. The Morgan fingerprint density at radius 3 is 1.92 bits per heavy atom. The van der Waals surface area contributed by atoms with E-state index < -0.39 is 0 Å². The van der Waals surface area contributed by atoms with Crippen LogP contribution in [0, 0.1) is 0 Å². The van der Waals surface area contributed by atoms with Gasteiger partial charge in [-0.2, -0.15) is 9.97 Å². The fourth-order valence-corrected chi connectivity index (χ4v) is 2.10. The first-order chi connectivity index (χ1) is 11.2. The average Bonchev–Trinajstić information content (AvgIpc) is 2.54. The van der Waals surface area contributed by atoms with Gasteiger partial charge in [-0.1, -0.05) is 47.6 Å². The number of aromatic nitrogens is 3. The van der Waals surface area contributed by atoms with Crippen molar-refractivity contribution in [3.63, 3.8) is 0 Å². The number of nitrogens with one attached hydrogen (secondary N) is 1. The van der Waals surface area contributed by atoms with Gasteiger partial charge in [0.25, 0.3) is 0 Å². The molecule has 0 fully saturated rings. The summed E-state index contributed by atoms with van der Waals surface area (Å²) in [4.78, 5) is 14.1. The fraction of sp³-hybridized carbons (Fsp3) is 0.526. The monoisotopic (exact) mass is 327 g/mol. The lowest BCUT2D eigenvalue weighted by Crippen LogP contribution is -2.27. The van der Waals surface area contributed by atoms with Crippen LogP contribution in [0.15, 0.2) is 24.3 Å². The molecule has 0 atom stereocenters. The van der Waals surface area contributed by atoms with Gasteiger partial charge in [-0.3, -0.25) is 0 Å². The molecule has 0 spiro atoms. The molecule has 0 radical (unpaired) electrons. The minimum Gasteiger partial charge on any atom is -0.399 e. The third kappa shape index (κ3) is 4.02. The topological polar surface area (TPSA) is 76.7 Å². The van der Waals surface area contributed by atoms with E-state index in [1.807, 2.05) is 24.3 Å². The van der Waals surface area contributed by atoms with Crippen molar-refractivity contribution in [1.82, 2.24) is 15.0 Å². The molecule has 1 aromatic carbocycles. The molecule has 0 aliphatic heterocycles. The summed E-state index contributed by atoms with van der Waals surface area (Å²) in [5.41, 5.74) is 7.24. The van der Waals surface area contributed by atoms with Crippen molar-refractivity contribution < 1.29 is 0 Å². The third-order valence-corrected chi connectivity index (χ3v) is 4.76. The number of nitrogens with two attached hydrogens (primary N) is 1. The smallest absolute Gasteiger partial charge is 0.230 e. The molecular formula is C19H29N5. The summed E-state index contributed by atoms with van der Waals surface area (Å²) in [6, 6.07) is 7.59. The molecule has 1 heterocycles. The SMILES string of the molecule is CCC(C)(C)c1nc(Nc2cccc(N)c2)nc(C(C)(C)CC)n1. The lowest BCUT2D eigenvalue weighted by molar-refractivity contribution is 0.434. The van der Waals surface area contributed by atoms with Gasteiger partial charge in [0.1, 0.15) is 11.6 Å². The van der Waals surface area contributed by atoms with Crippen LogP contribution in [0.2, 0.25) is 0 Å². The van der Waals surface area contributed by atoms with Crippen molar-refractivity contribution in [3.05, 3.63) is 35.9 Å². The summed E-state index contributed by atoms with van der Waals surface area (Å²) in [5, 5.41) is 3.28. The van der Waals surface area contributed by atoms with E-state index >= 15 is 0 Å². The van der Waals surface area contributed by atoms with E-state index in [1.165, 1.54) is 0 Å². The van der Waals surface area contributed by atoms with Crippen LogP contribution in [-0.4, -0.2) is 15.0 Å². The molecule has 130 valence electrons. The predicted molar refractivity (Wildman–Crippen MR) is 101 cm³/mol. The Hall–Kier alpha value is -2.17. The molecule has 0 saturated carbocycles. The minimum atomic E-state index is -0.104. The second kappa shape index (κ2) is 6.75. The number of benzene rings is 1. The van der Waals surface area contributed by atoms with Crippen molar-refractivity contribution >= 4 is 17.3 Å². The summed E-state index contributed by atoms with van der Waals surface area (Å²) >= 11 is 0. The maximum atomic E-state index is 5.86. The Balaban J connectivity index is 2.50. The van der Waals surface area contributed by atoms with E-state index in [-0.39, 0.29) is 10.8 Å². The van der Waals surface area contributed by atoms with Crippen molar-refractivity contribution in [2.24, 2.45) is 0 Å². The standard InChI is InChI=1S/C19H29N5/c1-7-18(3,4)15-22-16(19(5,6)8-2)24-17(23-15)21-14-11-9-10-13(20)12-14/h9-12H,7-8,20H2,1-6H3,(H,21,22,23,24). The Morgan fingerprint density at radius 2 is 1.46 bits per heavy atom. The van der Waals surface area contributed by atoms with Gasteiger partial charge in [0.05, 0.1) is 0 Å². The van der Waals surface area contributed by atoms with E-state index in [4.69, 9.17) is 10.7 Å². The second-order valence-corrected chi connectivity index (χ2v) is 7.53. The lowest BCUT2D eigenvalue weighted by atomic mass is 9.87. The van der Waals surface area contributed by atoms with Gasteiger partial charge < -0.3 is 11.1 Å². The molecule has 0 amide bonds. The Bertz CT molecular complexity index is 672. The van der Waals surface area contributed by atoms with Crippen molar-refractivity contribution in [2.75, 3.05) is 11.1 Å². The van der Waals surface area contributed by atoms with E-state index in [0.717, 1.165) is 30.2 Å². The van der Waals surface area contributed by atoms with Crippen molar-refractivity contribution in [3.8, 4) is 0 Å².